The molecule has 1 aliphatic heterocycles. The predicted octanol–water partition coefficient (Wildman–Crippen LogP) is 1.83. The minimum atomic E-state index is -1.08. The number of amides is 1. The molecule has 1 aliphatic rings. The first-order valence-electron chi connectivity index (χ1n) is 6.18. The molecule has 1 fully saturated rings. The summed E-state index contributed by atoms with van der Waals surface area (Å²) in [6, 6.07) is -1.01. The second-order valence-electron chi connectivity index (χ2n) is 4.89. The van der Waals surface area contributed by atoms with Crippen molar-refractivity contribution in [1.29, 1.82) is 0 Å². The molecule has 0 radical (unpaired) electrons. The highest BCUT2D eigenvalue weighted by molar-refractivity contribution is 5.81. The highest BCUT2D eigenvalue weighted by Gasteiger charge is 2.52. The van der Waals surface area contributed by atoms with Crippen molar-refractivity contribution in [3.05, 3.63) is 0 Å². The van der Waals surface area contributed by atoms with E-state index in [2.05, 4.69) is 0 Å². The minimum absolute atomic E-state index is 0.294. The molecule has 0 aliphatic carbocycles. The van der Waals surface area contributed by atoms with Crippen LogP contribution in [0.3, 0.4) is 0 Å². The van der Waals surface area contributed by atoms with Crippen LogP contribution in [0.5, 0.6) is 0 Å². The number of aliphatic carboxylic acids is 1. The SMILES string of the molecule is CCCCOC(=O)N1[C@H](C(=O)O)[C@@H](C)OC1(C)C. The van der Waals surface area contributed by atoms with Crippen molar-refractivity contribution < 1.29 is 24.2 Å². The van der Waals surface area contributed by atoms with Crippen LogP contribution < -0.4 is 0 Å². The van der Waals surface area contributed by atoms with Crippen molar-refractivity contribution in [2.24, 2.45) is 0 Å². The van der Waals surface area contributed by atoms with Crippen LogP contribution >= 0.6 is 0 Å². The van der Waals surface area contributed by atoms with Gasteiger partial charge in [0.1, 0.15) is 5.72 Å². The molecular formula is C12H21NO5. The van der Waals surface area contributed by atoms with E-state index in [0.29, 0.717) is 6.61 Å². The van der Waals surface area contributed by atoms with E-state index in [4.69, 9.17) is 9.47 Å². The van der Waals surface area contributed by atoms with Gasteiger partial charge in [-0.05, 0) is 27.2 Å². The maximum absolute atomic E-state index is 12.0. The zero-order chi connectivity index (χ0) is 13.9. The highest BCUT2D eigenvalue weighted by Crippen LogP contribution is 2.32. The fourth-order valence-corrected chi connectivity index (χ4v) is 2.14. The maximum atomic E-state index is 12.0. The van der Waals surface area contributed by atoms with Crippen LogP contribution in [0.25, 0.3) is 0 Å². The average Bonchev–Trinajstić information content (AvgIpc) is 2.48. The molecule has 1 amide bonds. The van der Waals surface area contributed by atoms with Gasteiger partial charge in [0.15, 0.2) is 6.04 Å². The number of carbonyl (C=O) groups is 2. The van der Waals surface area contributed by atoms with Crippen LogP contribution in [0.1, 0.15) is 40.5 Å². The molecule has 6 heteroatoms. The Morgan fingerprint density at radius 1 is 1.44 bits per heavy atom. The summed E-state index contributed by atoms with van der Waals surface area (Å²) in [7, 11) is 0. The summed E-state index contributed by atoms with van der Waals surface area (Å²) in [6.07, 6.45) is 0.474. The van der Waals surface area contributed by atoms with Crippen LogP contribution in [0.2, 0.25) is 0 Å². The lowest BCUT2D eigenvalue weighted by Gasteiger charge is -2.31. The summed E-state index contributed by atoms with van der Waals surface area (Å²) in [5, 5.41) is 9.18. The molecule has 1 saturated heterocycles. The van der Waals surface area contributed by atoms with Gasteiger partial charge in [-0.2, -0.15) is 0 Å². The molecule has 0 aromatic rings. The molecule has 18 heavy (non-hydrogen) atoms. The molecule has 0 aromatic carbocycles. The van der Waals surface area contributed by atoms with Crippen LogP contribution in [0, 0.1) is 0 Å². The van der Waals surface area contributed by atoms with Crippen molar-refractivity contribution >= 4 is 12.1 Å². The quantitative estimate of drug-likeness (QED) is 0.779. The van der Waals surface area contributed by atoms with Gasteiger partial charge in [-0.1, -0.05) is 13.3 Å². The second kappa shape index (κ2) is 5.56. The molecule has 1 rings (SSSR count). The molecule has 6 nitrogen and oxygen atoms in total. The minimum Gasteiger partial charge on any atom is -0.480 e. The number of carboxylic acid groups (broad SMARTS) is 1. The smallest absolute Gasteiger partial charge is 0.412 e. The van der Waals surface area contributed by atoms with Crippen molar-refractivity contribution in [2.75, 3.05) is 6.61 Å². The number of ether oxygens (including phenoxy) is 2. The first-order valence-corrected chi connectivity index (χ1v) is 6.18. The summed E-state index contributed by atoms with van der Waals surface area (Å²) < 4.78 is 10.6. The second-order valence-corrected chi connectivity index (χ2v) is 4.89. The first kappa shape index (κ1) is 14.8. The number of rotatable bonds is 4. The Labute approximate surface area is 107 Å². The fourth-order valence-electron chi connectivity index (χ4n) is 2.14. The van der Waals surface area contributed by atoms with Crippen LogP contribution in [-0.2, 0) is 14.3 Å². The van der Waals surface area contributed by atoms with E-state index >= 15 is 0 Å². The van der Waals surface area contributed by atoms with Crippen molar-refractivity contribution in [3.8, 4) is 0 Å². The average molecular weight is 259 g/mol. The Morgan fingerprint density at radius 3 is 2.56 bits per heavy atom. The standard InChI is InChI=1S/C12H21NO5/c1-5-6-7-17-11(16)13-9(10(14)15)8(2)18-12(13,3)4/h8-9H,5-7H2,1-4H3,(H,14,15)/t8-,9+/m1/s1. The third kappa shape index (κ3) is 2.93. The topological polar surface area (TPSA) is 76.1 Å². The lowest BCUT2D eigenvalue weighted by Crippen LogP contribution is -2.51. The third-order valence-electron chi connectivity index (χ3n) is 2.95. The Hall–Kier alpha value is -1.30. The number of hydrogen-bond acceptors (Lipinski definition) is 4. The van der Waals surface area contributed by atoms with Gasteiger partial charge < -0.3 is 14.6 Å². The van der Waals surface area contributed by atoms with Gasteiger partial charge in [0, 0.05) is 0 Å². The van der Waals surface area contributed by atoms with E-state index in [1.165, 1.54) is 0 Å². The summed E-state index contributed by atoms with van der Waals surface area (Å²) in [5.41, 5.74) is -0.966. The Balaban J connectivity index is 2.80. The summed E-state index contributed by atoms with van der Waals surface area (Å²) in [5.74, 6) is -1.08. The molecule has 1 heterocycles. The summed E-state index contributed by atoms with van der Waals surface area (Å²) in [6.45, 7) is 7.24. The molecule has 0 spiro atoms. The van der Waals surface area contributed by atoms with Crippen LogP contribution in [0.4, 0.5) is 4.79 Å². The van der Waals surface area contributed by atoms with Gasteiger partial charge in [-0.3, -0.25) is 4.90 Å². The molecule has 0 bridgehead atoms. The normalized spacial score (nSPS) is 26.1. The molecule has 2 atom stereocenters. The number of unbranched alkanes of at least 4 members (excludes halogenated alkanes) is 1. The molecule has 1 N–H and O–H groups in total. The van der Waals surface area contributed by atoms with E-state index in [1.807, 2.05) is 6.92 Å². The fraction of sp³-hybridized carbons (Fsp3) is 0.833. The zero-order valence-corrected chi connectivity index (χ0v) is 11.3. The van der Waals surface area contributed by atoms with Gasteiger partial charge in [-0.25, -0.2) is 9.59 Å². The largest absolute Gasteiger partial charge is 0.480 e. The van der Waals surface area contributed by atoms with E-state index in [9.17, 15) is 14.7 Å². The van der Waals surface area contributed by atoms with Crippen LogP contribution in [-0.4, -0.2) is 46.5 Å². The van der Waals surface area contributed by atoms with E-state index in [-0.39, 0.29) is 0 Å². The van der Waals surface area contributed by atoms with Gasteiger partial charge in [-0.15, -0.1) is 0 Å². The Kier molecular flexibility index (Phi) is 4.56. The molecule has 0 saturated carbocycles. The maximum Gasteiger partial charge on any atom is 0.412 e. The number of carbonyl (C=O) groups excluding carboxylic acids is 1. The zero-order valence-electron chi connectivity index (χ0n) is 11.3. The number of nitrogens with zero attached hydrogens (tertiary/aromatic N) is 1. The number of hydrogen-bond donors (Lipinski definition) is 1. The van der Waals surface area contributed by atoms with Crippen molar-refractivity contribution in [2.45, 2.75) is 58.4 Å². The van der Waals surface area contributed by atoms with Crippen molar-refractivity contribution in [1.82, 2.24) is 4.90 Å². The summed E-state index contributed by atoms with van der Waals surface area (Å²) >= 11 is 0. The Bertz CT molecular complexity index is 328. The van der Waals surface area contributed by atoms with Gasteiger partial charge in [0.2, 0.25) is 0 Å². The molecular weight excluding hydrogens is 238 g/mol. The van der Waals surface area contributed by atoms with Gasteiger partial charge in [0.25, 0.3) is 0 Å². The lowest BCUT2D eigenvalue weighted by molar-refractivity contribution is -0.143. The van der Waals surface area contributed by atoms with E-state index < -0.39 is 29.9 Å². The molecule has 0 aromatic heterocycles. The first-order chi connectivity index (χ1) is 8.31. The summed E-state index contributed by atoms with van der Waals surface area (Å²) in [4.78, 5) is 24.3. The van der Waals surface area contributed by atoms with Gasteiger partial charge in [0.05, 0.1) is 12.7 Å². The monoisotopic (exact) mass is 259 g/mol. The Morgan fingerprint density at radius 2 is 2.06 bits per heavy atom. The highest BCUT2D eigenvalue weighted by atomic mass is 16.6. The molecule has 0 unspecified atom stereocenters. The molecule has 104 valence electrons. The van der Waals surface area contributed by atoms with Gasteiger partial charge >= 0.3 is 12.1 Å². The van der Waals surface area contributed by atoms with Crippen molar-refractivity contribution in [3.63, 3.8) is 0 Å². The predicted molar refractivity (Wildman–Crippen MR) is 64.1 cm³/mol. The lowest BCUT2D eigenvalue weighted by atomic mass is 10.1. The van der Waals surface area contributed by atoms with E-state index in [1.54, 1.807) is 20.8 Å². The van der Waals surface area contributed by atoms with E-state index in [0.717, 1.165) is 17.7 Å². The van der Waals surface area contributed by atoms with Crippen LogP contribution in [0.15, 0.2) is 0 Å². The third-order valence-corrected chi connectivity index (χ3v) is 2.95. The number of carboxylic acids is 1.